The summed E-state index contributed by atoms with van der Waals surface area (Å²) in [6, 6.07) is 6.36. The molecule has 8 nitrogen and oxygen atoms in total. The Morgan fingerprint density at radius 2 is 2.00 bits per heavy atom. The van der Waals surface area contributed by atoms with E-state index in [1.165, 1.54) is 35.0 Å². The molecule has 0 unspecified atom stereocenters. The van der Waals surface area contributed by atoms with Crippen LogP contribution in [0.2, 0.25) is 0 Å². The third kappa shape index (κ3) is 2.90. The zero-order valence-corrected chi connectivity index (χ0v) is 14.3. The normalized spacial score (nSPS) is 25.8. The van der Waals surface area contributed by atoms with Gasteiger partial charge in [-0.1, -0.05) is 12.1 Å². The maximum atomic E-state index is 13.7. The maximum absolute atomic E-state index is 13.7. The van der Waals surface area contributed by atoms with Gasteiger partial charge < -0.3 is 20.7 Å². The molecule has 2 aromatic heterocycles. The van der Waals surface area contributed by atoms with E-state index in [1.807, 2.05) is 0 Å². The smallest absolute Gasteiger partial charge is 0.167 e. The van der Waals surface area contributed by atoms with Crippen LogP contribution in [0.5, 0.6) is 0 Å². The summed E-state index contributed by atoms with van der Waals surface area (Å²) < 4.78 is 21.1. The number of fused-ring (bicyclic) bond motifs is 1. The molecule has 4 N–H and O–H groups in total. The molecular weight excluding hydrogens is 361 g/mol. The van der Waals surface area contributed by atoms with Crippen LogP contribution < -0.4 is 5.73 Å². The fourth-order valence-electron chi connectivity index (χ4n) is 2.89. The predicted octanol–water partition coefficient (Wildman–Crippen LogP) is 0.959. The van der Waals surface area contributed by atoms with Gasteiger partial charge in [0, 0.05) is 10.6 Å². The molecule has 136 valence electrons. The summed E-state index contributed by atoms with van der Waals surface area (Å²) >= 11 is 1.21. The monoisotopic (exact) mass is 377 g/mol. The van der Waals surface area contributed by atoms with Crippen molar-refractivity contribution in [1.29, 1.82) is 0 Å². The van der Waals surface area contributed by atoms with Crippen LogP contribution in [0.25, 0.3) is 11.2 Å². The van der Waals surface area contributed by atoms with Gasteiger partial charge in [-0.2, -0.15) is 0 Å². The number of aromatic nitrogens is 4. The van der Waals surface area contributed by atoms with Crippen molar-refractivity contribution < 1.29 is 19.3 Å². The lowest BCUT2D eigenvalue weighted by atomic mass is 10.1. The topological polar surface area (TPSA) is 119 Å². The highest BCUT2D eigenvalue weighted by Gasteiger charge is 2.44. The van der Waals surface area contributed by atoms with E-state index in [4.69, 9.17) is 10.5 Å². The Morgan fingerprint density at radius 3 is 2.81 bits per heavy atom. The number of nitrogens with zero attached hydrogens (tertiary/aromatic N) is 4. The molecule has 26 heavy (non-hydrogen) atoms. The van der Waals surface area contributed by atoms with Crippen LogP contribution in [0.4, 0.5) is 10.2 Å². The van der Waals surface area contributed by atoms with Crippen LogP contribution in [-0.2, 0) is 4.74 Å². The highest BCUT2D eigenvalue weighted by Crippen LogP contribution is 2.34. The van der Waals surface area contributed by atoms with E-state index in [1.54, 1.807) is 18.2 Å². The Kier molecular flexibility index (Phi) is 4.49. The number of hydrogen-bond donors (Lipinski definition) is 3. The van der Waals surface area contributed by atoms with Gasteiger partial charge in [0.1, 0.15) is 29.9 Å². The second-order valence-electron chi connectivity index (χ2n) is 5.87. The van der Waals surface area contributed by atoms with Crippen LogP contribution in [0.1, 0.15) is 6.23 Å². The number of hydrogen-bond acceptors (Lipinski definition) is 8. The molecule has 0 aliphatic carbocycles. The van der Waals surface area contributed by atoms with E-state index < -0.39 is 24.5 Å². The maximum Gasteiger partial charge on any atom is 0.167 e. The van der Waals surface area contributed by atoms with Crippen molar-refractivity contribution in [2.45, 2.75) is 29.4 Å². The minimum atomic E-state index is -1.19. The fourth-order valence-corrected chi connectivity index (χ4v) is 3.89. The third-order valence-corrected chi connectivity index (χ3v) is 5.38. The predicted molar refractivity (Wildman–Crippen MR) is 92.8 cm³/mol. The van der Waals surface area contributed by atoms with Crippen molar-refractivity contribution in [3.05, 3.63) is 42.7 Å². The van der Waals surface area contributed by atoms with Crippen molar-refractivity contribution in [1.82, 2.24) is 19.5 Å². The van der Waals surface area contributed by atoms with Gasteiger partial charge in [-0.3, -0.25) is 4.57 Å². The van der Waals surface area contributed by atoms with Gasteiger partial charge >= 0.3 is 0 Å². The molecule has 3 heterocycles. The van der Waals surface area contributed by atoms with Crippen molar-refractivity contribution >= 4 is 28.7 Å². The number of aliphatic hydroxyl groups is 2. The highest BCUT2D eigenvalue weighted by atomic mass is 32.2. The standard InChI is InChI=1S/C16H16FN5O3S/c17-8-3-1-2-4-10(8)26-5-9-12(23)13(24)16(25-9)22-7-21-11-14(18)19-6-20-15(11)22/h1-4,6-7,9,12-13,16,23-24H,5H2,(H2,18,19,20)/t9-,12-,13-,16-/m1/s1. The molecule has 0 bridgehead atoms. The minimum Gasteiger partial charge on any atom is -0.387 e. The van der Waals surface area contributed by atoms with E-state index in [9.17, 15) is 14.6 Å². The summed E-state index contributed by atoms with van der Waals surface area (Å²) in [5.41, 5.74) is 6.56. The average Bonchev–Trinajstić information content (AvgIpc) is 3.18. The zero-order valence-electron chi connectivity index (χ0n) is 13.4. The molecule has 1 fully saturated rings. The van der Waals surface area contributed by atoms with Crippen LogP contribution in [0.3, 0.4) is 0 Å². The van der Waals surface area contributed by atoms with Crippen molar-refractivity contribution in [2.24, 2.45) is 0 Å². The summed E-state index contributed by atoms with van der Waals surface area (Å²) in [6.45, 7) is 0. The van der Waals surface area contributed by atoms with Crippen LogP contribution in [0.15, 0.2) is 41.8 Å². The van der Waals surface area contributed by atoms with E-state index in [0.29, 0.717) is 16.1 Å². The Bertz CT molecular complexity index is 939. The summed E-state index contributed by atoms with van der Waals surface area (Å²) in [5, 5.41) is 20.7. The number of nitrogen functional groups attached to an aromatic ring is 1. The number of nitrogens with two attached hydrogens (primary N) is 1. The molecule has 0 amide bonds. The Balaban J connectivity index is 1.54. The van der Waals surface area contributed by atoms with Crippen LogP contribution in [0, 0.1) is 5.82 Å². The lowest BCUT2D eigenvalue weighted by molar-refractivity contribution is -0.0289. The second kappa shape index (κ2) is 6.80. The van der Waals surface area contributed by atoms with Crippen molar-refractivity contribution in [3.8, 4) is 0 Å². The first-order valence-electron chi connectivity index (χ1n) is 7.88. The largest absolute Gasteiger partial charge is 0.387 e. The Hall–Kier alpha value is -2.27. The number of thioether (sulfide) groups is 1. The molecule has 1 aromatic carbocycles. The summed E-state index contributed by atoms with van der Waals surface area (Å²) in [5.74, 6) is 0.155. The van der Waals surface area contributed by atoms with E-state index in [0.717, 1.165) is 0 Å². The summed E-state index contributed by atoms with van der Waals surface area (Å²) in [6.07, 6.45) is -1.15. The number of benzene rings is 1. The number of imidazole rings is 1. The van der Waals surface area contributed by atoms with Gasteiger partial charge in [0.15, 0.2) is 17.7 Å². The molecule has 1 saturated heterocycles. The molecule has 10 heteroatoms. The lowest BCUT2D eigenvalue weighted by Crippen LogP contribution is -2.32. The average molecular weight is 377 g/mol. The lowest BCUT2D eigenvalue weighted by Gasteiger charge is -2.16. The van der Waals surface area contributed by atoms with E-state index in [-0.39, 0.29) is 17.4 Å². The van der Waals surface area contributed by atoms with Gasteiger partial charge in [0.05, 0.1) is 12.4 Å². The van der Waals surface area contributed by atoms with Gasteiger partial charge in [-0.25, -0.2) is 19.3 Å². The first-order chi connectivity index (χ1) is 12.6. The minimum absolute atomic E-state index is 0.216. The van der Waals surface area contributed by atoms with Gasteiger partial charge in [-0.05, 0) is 12.1 Å². The molecule has 0 radical (unpaired) electrons. The van der Waals surface area contributed by atoms with Crippen LogP contribution in [-0.4, -0.2) is 53.8 Å². The number of halogens is 1. The molecule has 0 spiro atoms. The zero-order chi connectivity index (χ0) is 18.3. The van der Waals surface area contributed by atoms with E-state index >= 15 is 0 Å². The number of anilines is 1. The first-order valence-corrected chi connectivity index (χ1v) is 8.86. The highest BCUT2D eigenvalue weighted by molar-refractivity contribution is 7.99. The first kappa shape index (κ1) is 17.2. The molecule has 0 saturated carbocycles. The summed E-state index contributed by atoms with van der Waals surface area (Å²) in [4.78, 5) is 12.6. The van der Waals surface area contributed by atoms with Gasteiger partial charge in [-0.15, -0.1) is 11.8 Å². The molecular formula is C16H16FN5O3S. The second-order valence-corrected chi connectivity index (χ2v) is 6.93. The summed E-state index contributed by atoms with van der Waals surface area (Å²) in [7, 11) is 0. The van der Waals surface area contributed by atoms with Crippen molar-refractivity contribution in [2.75, 3.05) is 11.5 Å². The molecule has 1 aliphatic rings. The van der Waals surface area contributed by atoms with Gasteiger partial charge in [0.25, 0.3) is 0 Å². The van der Waals surface area contributed by atoms with E-state index in [2.05, 4.69) is 15.0 Å². The Labute approximate surface area is 151 Å². The number of ether oxygens (including phenoxy) is 1. The molecule has 4 rings (SSSR count). The third-order valence-electron chi connectivity index (χ3n) is 4.24. The fraction of sp³-hybridized carbons (Fsp3) is 0.312. The SMILES string of the molecule is Nc1ncnc2c1ncn2[C@@H]1O[C@H](CSc2ccccc2F)[C@@H](O)[C@H]1O. The molecule has 4 atom stereocenters. The van der Waals surface area contributed by atoms with Gasteiger partial charge in [0.2, 0.25) is 0 Å². The number of rotatable bonds is 4. The quantitative estimate of drug-likeness (QED) is 0.575. The van der Waals surface area contributed by atoms with Crippen LogP contribution >= 0.6 is 11.8 Å². The Morgan fingerprint density at radius 1 is 1.19 bits per heavy atom. The molecule has 1 aliphatic heterocycles. The number of aliphatic hydroxyl groups excluding tert-OH is 2. The molecule has 3 aromatic rings. The van der Waals surface area contributed by atoms with Crippen molar-refractivity contribution in [3.63, 3.8) is 0 Å².